The van der Waals surface area contributed by atoms with E-state index in [0.29, 0.717) is 14.5 Å². The van der Waals surface area contributed by atoms with E-state index in [1.165, 1.54) is 9.65 Å². The second-order valence-corrected chi connectivity index (χ2v) is 5.19. The molecule has 0 bridgehead atoms. The van der Waals surface area contributed by atoms with Crippen molar-refractivity contribution in [2.45, 2.75) is 6.42 Å². The van der Waals surface area contributed by atoms with E-state index in [1.807, 2.05) is 6.08 Å². The Morgan fingerprint density at radius 3 is 2.92 bits per heavy atom. The predicted octanol–water partition coefficient (Wildman–Crippen LogP) is 2.63. The minimum atomic E-state index is 0.560. The van der Waals surface area contributed by atoms with Crippen molar-refractivity contribution < 1.29 is 0 Å². The van der Waals surface area contributed by atoms with Gasteiger partial charge >= 0.3 is 78.0 Å². The van der Waals surface area contributed by atoms with E-state index in [2.05, 4.69) is 36.9 Å². The Kier molecular flexibility index (Phi) is 2.16. The summed E-state index contributed by atoms with van der Waals surface area (Å²) in [6, 6.07) is 10.9. The number of fused-ring (bicyclic) bond motifs is 1. The molecule has 0 aliphatic heterocycles. The summed E-state index contributed by atoms with van der Waals surface area (Å²) in [5.41, 5.74) is 0. The van der Waals surface area contributed by atoms with Crippen molar-refractivity contribution in [2.75, 3.05) is 0 Å². The van der Waals surface area contributed by atoms with Gasteiger partial charge in [-0.1, -0.05) is 0 Å². The topological polar surface area (TPSA) is 0 Å². The Labute approximate surface area is 78.3 Å². The Hall–Kier alpha value is -0.781. The maximum atomic E-state index is 3.76. The molecule has 0 unspecified atom stereocenters. The summed E-state index contributed by atoms with van der Waals surface area (Å²) in [6.45, 7) is 3.76. The summed E-state index contributed by atoms with van der Waals surface area (Å²) < 4.78 is 3.06. The number of hydrogen-bond donors (Lipinski definition) is 0. The fourth-order valence-corrected chi connectivity index (χ4v) is 3.51. The summed E-state index contributed by atoms with van der Waals surface area (Å²) in [6.07, 6.45) is 3.04. The van der Waals surface area contributed by atoms with Gasteiger partial charge in [-0.25, -0.2) is 0 Å². The van der Waals surface area contributed by atoms with Gasteiger partial charge in [0.25, 0.3) is 0 Å². The van der Waals surface area contributed by atoms with Crippen LogP contribution >= 0.6 is 0 Å². The number of hydrogen-bond acceptors (Lipinski definition) is 0. The summed E-state index contributed by atoms with van der Waals surface area (Å²) in [4.78, 5) is 0. The molecule has 0 aliphatic carbocycles. The molecule has 1 heterocycles. The molecule has 0 nitrogen and oxygen atoms in total. The average molecular weight is 221 g/mol. The van der Waals surface area contributed by atoms with E-state index in [9.17, 15) is 0 Å². The Bertz CT molecular complexity index is 365. The third-order valence-corrected chi connectivity index (χ3v) is 4.21. The molecular weight excluding hydrogens is 211 g/mol. The average Bonchev–Trinajstić information content (AvgIpc) is 2.47. The SMILES string of the molecule is C=CCc1cc2ccccc2[se]1. The molecule has 0 atom stereocenters. The van der Waals surface area contributed by atoms with E-state index in [1.54, 1.807) is 4.44 Å². The number of benzene rings is 1. The van der Waals surface area contributed by atoms with Gasteiger partial charge in [-0.05, 0) is 0 Å². The summed E-state index contributed by atoms with van der Waals surface area (Å²) in [5, 5.41) is 1.41. The molecule has 0 saturated carbocycles. The molecule has 0 N–H and O–H groups in total. The van der Waals surface area contributed by atoms with Gasteiger partial charge in [-0.3, -0.25) is 0 Å². The molecule has 1 heteroatoms. The van der Waals surface area contributed by atoms with Crippen LogP contribution < -0.4 is 0 Å². The standard InChI is InChI=1S/C11H10Se/c1-2-5-10-8-9-6-3-4-7-11(9)12-10/h2-4,6-8H,1,5H2. The van der Waals surface area contributed by atoms with Gasteiger partial charge in [0.2, 0.25) is 0 Å². The van der Waals surface area contributed by atoms with Crippen molar-refractivity contribution in [2.24, 2.45) is 0 Å². The monoisotopic (exact) mass is 222 g/mol. The molecule has 60 valence electrons. The van der Waals surface area contributed by atoms with Gasteiger partial charge in [0.1, 0.15) is 0 Å². The summed E-state index contributed by atoms with van der Waals surface area (Å²) in [7, 11) is 0. The van der Waals surface area contributed by atoms with Crippen LogP contribution in [0.25, 0.3) is 9.65 Å². The first-order chi connectivity index (χ1) is 5.90. The van der Waals surface area contributed by atoms with Crippen LogP contribution in [0.15, 0.2) is 43.0 Å². The van der Waals surface area contributed by atoms with Crippen molar-refractivity contribution in [1.29, 1.82) is 0 Å². The maximum absolute atomic E-state index is 3.76. The second-order valence-electron chi connectivity index (χ2n) is 2.74. The molecule has 2 rings (SSSR count). The summed E-state index contributed by atoms with van der Waals surface area (Å²) in [5.74, 6) is 0. The molecule has 0 saturated heterocycles. The normalized spacial score (nSPS) is 10.3. The van der Waals surface area contributed by atoms with E-state index in [-0.39, 0.29) is 0 Å². The zero-order chi connectivity index (χ0) is 8.39. The quantitative estimate of drug-likeness (QED) is 0.540. The molecule has 0 amide bonds. The molecule has 2 aromatic rings. The Morgan fingerprint density at radius 1 is 1.33 bits per heavy atom. The zero-order valence-electron chi connectivity index (χ0n) is 6.79. The molecule has 12 heavy (non-hydrogen) atoms. The minimum absolute atomic E-state index is 0.560. The van der Waals surface area contributed by atoms with Gasteiger partial charge in [0, 0.05) is 0 Å². The van der Waals surface area contributed by atoms with E-state index >= 15 is 0 Å². The van der Waals surface area contributed by atoms with E-state index < -0.39 is 0 Å². The van der Waals surface area contributed by atoms with Crippen LogP contribution in [0.3, 0.4) is 0 Å². The van der Waals surface area contributed by atoms with Crippen molar-refractivity contribution in [1.82, 2.24) is 0 Å². The molecular formula is C11H10Se. The van der Waals surface area contributed by atoms with E-state index in [4.69, 9.17) is 0 Å². The Morgan fingerprint density at radius 2 is 2.17 bits per heavy atom. The van der Waals surface area contributed by atoms with Crippen LogP contribution in [0, 0.1) is 0 Å². The van der Waals surface area contributed by atoms with Crippen molar-refractivity contribution in [3.05, 3.63) is 47.4 Å². The van der Waals surface area contributed by atoms with Crippen molar-refractivity contribution >= 4 is 24.1 Å². The Balaban J connectivity index is 2.54. The van der Waals surface area contributed by atoms with Crippen LogP contribution in [0.2, 0.25) is 0 Å². The van der Waals surface area contributed by atoms with E-state index in [0.717, 1.165) is 6.42 Å². The van der Waals surface area contributed by atoms with Crippen molar-refractivity contribution in [3.8, 4) is 0 Å². The second kappa shape index (κ2) is 3.30. The van der Waals surface area contributed by atoms with Gasteiger partial charge in [0.15, 0.2) is 0 Å². The molecule has 0 radical (unpaired) electrons. The summed E-state index contributed by atoms with van der Waals surface area (Å²) >= 11 is 0.560. The molecule has 1 aromatic heterocycles. The van der Waals surface area contributed by atoms with Crippen LogP contribution in [-0.4, -0.2) is 14.5 Å². The predicted molar refractivity (Wildman–Crippen MR) is 54.8 cm³/mol. The van der Waals surface area contributed by atoms with Gasteiger partial charge in [-0.15, -0.1) is 0 Å². The van der Waals surface area contributed by atoms with Crippen molar-refractivity contribution in [3.63, 3.8) is 0 Å². The number of rotatable bonds is 2. The molecule has 1 aromatic carbocycles. The van der Waals surface area contributed by atoms with Crippen LogP contribution in [0.5, 0.6) is 0 Å². The fraction of sp³-hybridized carbons (Fsp3) is 0.0909. The van der Waals surface area contributed by atoms with Crippen LogP contribution in [-0.2, 0) is 6.42 Å². The van der Waals surface area contributed by atoms with Crippen LogP contribution in [0.1, 0.15) is 4.44 Å². The van der Waals surface area contributed by atoms with Gasteiger partial charge < -0.3 is 0 Å². The zero-order valence-corrected chi connectivity index (χ0v) is 8.50. The van der Waals surface area contributed by atoms with Crippen LogP contribution in [0.4, 0.5) is 0 Å². The number of allylic oxidation sites excluding steroid dienone is 1. The van der Waals surface area contributed by atoms with Gasteiger partial charge in [0.05, 0.1) is 0 Å². The third-order valence-electron chi connectivity index (χ3n) is 1.82. The molecule has 0 aliphatic rings. The molecule has 0 spiro atoms. The third kappa shape index (κ3) is 1.38. The van der Waals surface area contributed by atoms with Gasteiger partial charge in [-0.2, -0.15) is 0 Å². The first-order valence-electron chi connectivity index (χ1n) is 3.98. The fourth-order valence-electron chi connectivity index (χ4n) is 1.28. The molecule has 0 fully saturated rings. The first kappa shape index (κ1) is 7.85. The first-order valence-corrected chi connectivity index (χ1v) is 5.70.